The minimum Gasteiger partial charge on any atom is -0.380 e. The Bertz CT molecular complexity index is 190. The first kappa shape index (κ1) is 11.4. The molecule has 3 heteroatoms. The molecule has 0 aromatic rings. The van der Waals surface area contributed by atoms with Crippen LogP contribution in [0.2, 0.25) is 0 Å². The van der Waals surface area contributed by atoms with Crippen LogP contribution < -0.4 is 5.32 Å². The SMILES string of the molecule is CCOCCN1CCNCC12CCCC2. The maximum absolute atomic E-state index is 5.48. The first-order valence-corrected chi connectivity index (χ1v) is 6.41. The molecule has 88 valence electrons. The summed E-state index contributed by atoms with van der Waals surface area (Å²) in [6.45, 7) is 8.48. The van der Waals surface area contributed by atoms with Gasteiger partial charge in [0.05, 0.1) is 6.61 Å². The van der Waals surface area contributed by atoms with E-state index in [2.05, 4.69) is 17.1 Å². The summed E-state index contributed by atoms with van der Waals surface area (Å²) in [7, 11) is 0. The predicted molar refractivity (Wildman–Crippen MR) is 62.1 cm³/mol. The van der Waals surface area contributed by atoms with Gasteiger partial charge in [-0.3, -0.25) is 4.90 Å². The summed E-state index contributed by atoms with van der Waals surface area (Å²) >= 11 is 0. The van der Waals surface area contributed by atoms with E-state index >= 15 is 0 Å². The van der Waals surface area contributed by atoms with Crippen LogP contribution in [0.1, 0.15) is 32.6 Å². The van der Waals surface area contributed by atoms with Crippen LogP contribution in [-0.4, -0.2) is 49.8 Å². The van der Waals surface area contributed by atoms with Crippen LogP contribution in [0.25, 0.3) is 0 Å². The Morgan fingerprint density at radius 1 is 1.33 bits per heavy atom. The summed E-state index contributed by atoms with van der Waals surface area (Å²) < 4.78 is 5.48. The van der Waals surface area contributed by atoms with Gasteiger partial charge in [-0.2, -0.15) is 0 Å². The molecule has 0 aromatic heterocycles. The molecular weight excluding hydrogens is 188 g/mol. The minimum atomic E-state index is 0.481. The maximum Gasteiger partial charge on any atom is 0.0593 e. The largest absolute Gasteiger partial charge is 0.380 e. The third-order valence-corrected chi connectivity index (χ3v) is 3.93. The zero-order valence-electron chi connectivity index (χ0n) is 9.93. The van der Waals surface area contributed by atoms with Crippen molar-refractivity contribution in [1.82, 2.24) is 10.2 Å². The van der Waals surface area contributed by atoms with E-state index in [1.165, 1.54) is 38.8 Å². The van der Waals surface area contributed by atoms with Crippen molar-refractivity contribution >= 4 is 0 Å². The molecule has 2 rings (SSSR count). The van der Waals surface area contributed by atoms with E-state index in [9.17, 15) is 0 Å². The third kappa shape index (κ3) is 2.52. The van der Waals surface area contributed by atoms with Gasteiger partial charge in [0.1, 0.15) is 0 Å². The molecule has 15 heavy (non-hydrogen) atoms. The summed E-state index contributed by atoms with van der Waals surface area (Å²) in [5.74, 6) is 0. The summed E-state index contributed by atoms with van der Waals surface area (Å²) in [6.07, 6.45) is 5.58. The summed E-state index contributed by atoms with van der Waals surface area (Å²) in [4.78, 5) is 2.67. The average Bonchev–Trinajstić information content (AvgIpc) is 2.71. The standard InChI is InChI=1S/C12H24N2O/c1-2-15-10-9-14-8-7-13-11-12(14)5-3-4-6-12/h13H,2-11H2,1H3. The second kappa shape index (κ2) is 5.28. The van der Waals surface area contributed by atoms with Gasteiger partial charge in [0.15, 0.2) is 0 Å². The monoisotopic (exact) mass is 212 g/mol. The number of rotatable bonds is 4. The van der Waals surface area contributed by atoms with Crippen molar-refractivity contribution in [2.24, 2.45) is 0 Å². The van der Waals surface area contributed by atoms with Crippen molar-refractivity contribution in [2.45, 2.75) is 38.1 Å². The van der Waals surface area contributed by atoms with Crippen molar-refractivity contribution in [1.29, 1.82) is 0 Å². The van der Waals surface area contributed by atoms with E-state index in [1.807, 2.05) is 0 Å². The average molecular weight is 212 g/mol. The molecule has 1 aliphatic heterocycles. The highest BCUT2D eigenvalue weighted by Gasteiger charge is 2.40. The number of hydrogen-bond acceptors (Lipinski definition) is 3. The lowest BCUT2D eigenvalue weighted by Gasteiger charge is -2.45. The predicted octanol–water partition coefficient (Wildman–Crippen LogP) is 1.24. The molecule has 1 saturated heterocycles. The number of ether oxygens (including phenoxy) is 1. The first-order chi connectivity index (χ1) is 7.37. The second-order valence-corrected chi connectivity index (χ2v) is 4.79. The van der Waals surface area contributed by atoms with Gasteiger partial charge >= 0.3 is 0 Å². The van der Waals surface area contributed by atoms with Gasteiger partial charge in [-0.1, -0.05) is 12.8 Å². The van der Waals surface area contributed by atoms with Gasteiger partial charge in [0.2, 0.25) is 0 Å². The summed E-state index contributed by atoms with van der Waals surface area (Å²) in [6, 6.07) is 0. The number of nitrogens with one attached hydrogen (secondary N) is 1. The van der Waals surface area contributed by atoms with Gasteiger partial charge in [-0.05, 0) is 19.8 Å². The molecule has 1 saturated carbocycles. The molecule has 3 nitrogen and oxygen atoms in total. The molecule has 2 aliphatic rings. The van der Waals surface area contributed by atoms with E-state index in [4.69, 9.17) is 4.74 Å². The Kier molecular flexibility index (Phi) is 4.00. The van der Waals surface area contributed by atoms with Gasteiger partial charge in [0, 0.05) is 38.3 Å². The zero-order chi connectivity index (χ0) is 10.6. The van der Waals surface area contributed by atoms with Crippen LogP contribution >= 0.6 is 0 Å². The Hall–Kier alpha value is -0.120. The van der Waals surface area contributed by atoms with Crippen molar-refractivity contribution in [2.75, 3.05) is 39.4 Å². The number of piperazine rings is 1. The van der Waals surface area contributed by atoms with E-state index in [-0.39, 0.29) is 0 Å². The Balaban J connectivity index is 1.88. The minimum absolute atomic E-state index is 0.481. The summed E-state index contributed by atoms with van der Waals surface area (Å²) in [5.41, 5.74) is 0.481. The van der Waals surface area contributed by atoms with Crippen molar-refractivity contribution in [3.8, 4) is 0 Å². The zero-order valence-corrected chi connectivity index (χ0v) is 9.93. The molecule has 1 heterocycles. The van der Waals surface area contributed by atoms with Gasteiger partial charge in [-0.25, -0.2) is 0 Å². The van der Waals surface area contributed by atoms with Crippen molar-refractivity contribution in [3.05, 3.63) is 0 Å². The van der Waals surface area contributed by atoms with E-state index < -0.39 is 0 Å². The molecule has 1 spiro atoms. The van der Waals surface area contributed by atoms with Crippen LogP contribution in [0.3, 0.4) is 0 Å². The third-order valence-electron chi connectivity index (χ3n) is 3.93. The van der Waals surface area contributed by atoms with Gasteiger partial charge in [0.25, 0.3) is 0 Å². The lowest BCUT2D eigenvalue weighted by atomic mass is 9.93. The fourth-order valence-corrected chi connectivity index (χ4v) is 3.08. The molecule has 0 aromatic carbocycles. The molecule has 2 fully saturated rings. The van der Waals surface area contributed by atoms with Crippen molar-refractivity contribution < 1.29 is 4.74 Å². The molecule has 0 radical (unpaired) electrons. The van der Waals surface area contributed by atoms with E-state index in [1.54, 1.807) is 0 Å². The van der Waals surface area contributed by atoms with Crippen LogP contribution in [-0.2, 0) is 4.74 Å². The molecule has 0 atom stereocenters. The smallest absolute Gasteiger partial charge is 0.0593 e. The van der Waals surface area contributed by atoms with Gasteiger partial charge < -0.3 is 10.1 Å². The normalized spacial score (nSPS) is 26.2. The quantitative estimate of drug-likeness (QED) is 0.710. The Morgan fingerprint density at radius 2 is 2.13 bits per heavy atom. The highest BCUT2D eigenvalue weighted by molar-refractivity contribution is 4.99. The Morgan fingerprint density at radius 3 is 2.87 bits per heavy atom. The van der Waals surface area contributed by atoms with E-state index in [0.717, 1.165) is 26.3 Å². The second-order valence-electron chi connectivity index (χ2n) is 4.79. The van der Waals surface area contributed by atoms with Crippen molar-refractivity contribution in [3.63, 3.8) is 0 Å². The van der Waals surface area contributed by atoms with Crippen LogP contribution in [0, 0.1) is 0 Å². The van der Waals surface area contributed by atoms with Crippen LogP contribution in [0.15, 0.2) is 0 Å². The molecule has 0 amide bonds. The fourth-order valence-electron chi connectivity index (χ4n) is 3.08. The number of hydrogen-bond donors (Lipinski definition) is 1. The lowest BCUT2D eigenvalue weighted by Crippen LogP contribution is -2.60. The first-order valence-electron chi connectivity index (χ1n) is 6.41. The van der Waals surface area contributed by atoms with E-state index in [0.29, 0.717) is 5.54 Å². The molecule has 0 unspecified atom stereocenters. The number of nitrogens with zero attached hydrogens (tertiary/aromatic N) is 1. The van der Waals surface area contributed by atoms with Gasteiger partial charge in [-0.15, -0.1) is 0 Å². The topological polar surface area (TPSA) is 24.5 Å². The molecule has 1 N–H and O–H groups in total. The highest BCUT2D eigenvalue weighted by Crippen LogP contribution is 2.35. The fraction of sp³-hybridized carbons (Fsp3) is 1.00. The van der Waals surface area contributed by atoms with Crippen LogP contribution in [0.5, 0.6) is 0 Å². The summed E-state index contributed by atoms with van der Waals surface area (Å²) in [5, 5.41) is 3.56. The Labute approximate surface area is 93.2 Å². The lowest BCUT2D eigenvalue weighted by molar-refractivity contribution is 0.0301. The van der Waals surface area contributed by atoms with Crippen LogP contribution in [0.4, 0.5) is 0 Å². The highest BCUT2D eigenvalue weighted by atomic mass is 16.5. The molecule has 1 aliphatic carbocycles. The maximum atomic E-state index is 5.48. The molecule has 0 bridgehead atoms. The molecular formula is C12H24N2O.